The van der Waals surface area contributed by atoms with E-state index in [-0.39, 0.29) is 11.3 Å². The number of hydrogen-bond donors (Lipinski definition) is 1. The normalized spacial score (nSPS) is 11.8. The van der Waals surface area contributed by atoms with E-state index in [1.165, 1.54) is 0 Å². The lowest BCUT2D eigenvalue weighted by molar-refractivity contribution is -0.139. The lowest BCUT2D eigenvalue weighted by Crippen LogP contribution is -2.23. The van der Waals surface area contributed by atoms with Gasteiger partial charge in [0.15, 0.2) is 0 Å². The van der Waals surface area contributed by atoms with Gasteiger partial charge in [-0.1, -0.05) is 11.6 Å². The van der Waals surface area contributed by atoms with Gasteiger partial charge in [0.25, 0.3) is 0 Å². The SMILES string of the molecule is COC(=O)NN=C(COC(C)=O)c1cnc(Cl)c(C(F)(F)F)c1. The van der Waals surface area contributed by atoms with Gasteiger partial charge in [-0.25, -0.2) is 15.2 Å². The summed E-state index contributed by atoms with van der Waals surface area (Å²) in [7, 11) is 1.07. The first-order chi connectivity index (χ1) is 10.6. The average molecular weight is 354 g/mol. The summed E-state index contributed by atoms with van der Waals surface area (Å²) in [4.78, 5) is 25.3. The molecule has 7 nitrogen and oxygen atoms in total. The summed E-state index contributed by atoms with van der Waals surface area (Å²) in [6.07, 6.45) is -4.69. The first kappa shape index (κ1) is 18.7. The molecule has 0 saturated heterocycles. The highest BCUT2D eigenvalue weighted by molar-refractivity contribution is 6.30. The van der Waals surface area contributed by atoms with Crippen LogP contribution in [0.4, 0.5) is 18.0 Å². The topological polar surface area (TPSA) is 89.9 Å². The maximum absolute atomic E-state index is 12.8. The quantitative estimate of drug-likeness (QED) is 0.388. The molecule has 23 heavy (non-hydrogen) atoms. The van der Waals surface area contributed by atoms with Gasteiger partial charge in [0.2, 0.25) is 0 Å². The third kappa shape index (κ3) is 5.74. The van der Waals surface area contributed by atoms with E-state index in [2.05, 4.69) is 19.6 Å². The molecule has 126 valence electrons. The van der Waals surface area contributed by atoms with Crippen LogP contribution in [0.2, 0.25) is 5.15 Å². The van der Waals surface area contributed by atoms with Crippen molar-refractivity contribution in [2.75, 3.05) is 13.7 Å². The summed E-state index contributed by atoms with van der Waals surface area (Å²) in [5, 5.41) is 2.81. The van der Waals surface area contributed by atoms with Crippen LogP contribution in [0.15, 0.2) is 17.4 Å². The van der Waals surface area contributed by atoms with Gasteiger partial charge < -0.3 is 9.47 Å². The number of alkyl halides is 3. The summed E-state index contributed by atoms with van der Waals surface area (Å²) >= 11 is 5.42. The molecular formula is C12H11ClF3N3O4. The summed E-state index contributed by atoms with van der Waals surface area (Å²) in [6, 6.07) is 0.677. The molecule has 0 spiro atoms. The minimum atomic E-state index is -4.73. The molecule has 0 aromatic carbocycles. The Kier molecular flexibility index (Phi) is 6.31. The van der Waals surface area contributed by atoms with Gasteiger partial charge in [-0.15, -0.1) is 0 Å². The van der Waals surface area contributed by atoms with Crippen molar-refractivity contribution in [3.05, 3.63) is 28.5 Å². The molecule has 11 heteroatoms. The van der Waals surface area contributed by atoms with Gasteiger partial charge in [-0.2, -0.15) is 18.3 Å². The zero-order valence-corrected chi connectivity index (χ0v) is 12.7. The first-order valence-corrected chi connectivity index (χ1v) is 6.30. The van der Waals surface area contributed by atoms with Gasteiger partial charge in [0, 0.05) is 18.7 Å². The second-order valence-corrected chi connectivity index (χ2v) is 4.36. The lowest BCUT2D eigenvalue weighted by atomic mass is 10.1. The van der Waals surface area contributed by atoms with Crippen molar-refractivity contribution in [2.45, 2.75) is 13.1 Å². The predicted octanol–water partition coefficient (Wildman–Crippen LogP) is 2.38. The minimum Gasteiger partial charge on any atom is -0.459 e. The number of carbonyl (C=O) groups excluding carboxylic acids is 2. The summed E-state index contributed by atoms with van der Waals surface area (Å²) in [6.45, 7) is 0.618. The maximum atomic E-state index is 12.8. The molecule has 0 atom stereocenters. The molecule has 0 aliphatic carbocycles. The smallest absolute Gasteiger partial charge is 0.427 e. The molecule has 0 fully saturated rings. The molecule has 0 aliphatic rings. The fourth-order valence-electron chi connectivity index (χ4n) is 1.31. The molecule has 0 aliphatic heterocycles. The van der Waals surface area contributed by atoms with Crippen LogP contribution in [0.3, 0.4) is 0 Å². The Morgan fingerprint density at radius 3 is 2.61 bits per heavy atom. The summed E-state index contributed by atoms with van der Waals surface area (Å²) in [5.41, 5.74) is 0.412. The van der Waals surface area contributed by atoms with Gasteiger partial charge in [0.05, 0.1) is 12.7 Å². The van der Waals surface area contributed by atoms with Crippen LogP contribution in [0, 0.1) is 0 Å². The van der Waals surface area contributed by atoms with Crippen LogP contribution in [0.5, 0.6) is 0 Å². The molecule has 0 radical (unpaired) electrons. The van der Waals surface area contributed by atoms with Crippen LogP contribution in [-0.4, -0.2) is 36.5 Å². The van der Waals surface area contributed by atoms with E-state index in [9.17, 15) is 22.8 Å². The van der Waals surface area contributed by atoms with E-state index < -0.39 is 35.6 Å². The monoisotopic (exact) mass is 353 g/mol. The molecule has 1 aromatic heterocycles. The highest BCUT2D eigenvalue weighted by atomic mass is 35.5. The highest BCUT2D eigenvalue weighted by Gasteiger charge is 2.34. The zero-order chi connectivity index (χ0) is 17.6. The van der Waals surface area contributed by atoms with Crippen LogP contribution < -0.4 is 5.43 Å². The number of pyridine rings is 1. The third-order valence-electron chi connectivity index (χ3n) is 2.36. The van der Waals surface area contributed by atoms with E-state index >= 15 is 0 Å². The van der Waals surface area contributed by atoms with Crippen LogP contribution >= 0.6 is 11.6 Å². The van der Waals surface area contributed by atoms with Crippen molar-refractivity contribution in [1.82, 2.24) is 10.4 Å². The van der Waals surface area contributed by atoms with Gasteiger partial charge >= 0.3 is 18.2 Å². The Hall–Kier alpha value is -2.36. The fourth-order valence-corrected chi connectivity index (χ4v) is 1.52. The van der Waals surface area contributed by atoms with Crippen molar-refractivity contribution in [1.29, 1.82) is 0 Å². The molecular weight excluding hydrogens is 343 g/mol. The number of hydrogen-bond acceptors (Lipinski definition) is 6. The zero-order valence-electron chi connectivity index (χ0n) is 11.9. The van der Waals surface area contributed by atoms with Crippen molar-refractivity contribution in [3.63, 3.8) is 0 Å². The summed E-state index contributed by atoms with van der Waals surface area (Å²) in [5.74, 6) is -0.686. The second kappa shape index (κ2) is 7.77. The number of hydrazone groups is 1. The van der Waals surface area contributed by atoms with Crippen molar-refractivity contribution >= 4 is 29.4 Å². The lowest BCUT2D eigenvalue weighted by Gasteiger charge is -2.12. The number of nitrogens with one attached hydrogen (secondary N) is 1. The molecule has 0 saturated carbocycles. The molecule has 1 amide bonds. The van der Waals surface area contributed by atoms with E-state index in [0.29, 0.717) is 6.07 Å². The molecule has 0 bridgehead atoms. The first-order valence-electron chi connectivity index (χ1n) is 5.92. The Balaban J connectivity index is 3.20. The Labute approximate surface area is 133 Å². The Morgan fingerprint density at radius 2 is 2.09 bits per heavy atom. The fraction of sp³-hybridized carbons (Fsp3) is 0.333. The van der Waals surface area contributed by atoms with Crippen molar-refractivity contribution in [3.8, 4) is 0 Å². The number of methoxy groups -OCH3 is 1. The number of carbonyl (C=O) groups is 2. The van der Waals surface area contributed by atoms with Crippen LogP contribution in [0.25, 0.3) is 0 Å². The highest BCUT2D eigenvalue weighted by Crippen LogP contribution is 2.34. The van der Waals surface area contributed by atoms with Gasteiger partial charge in [-0.3, -0.25) is 4.79 Å². The van der Waals surface area contributed by atoms with Crippen molar-refractivity contribution < 1.29 is 32.2 Å². The van der Waals surface area contributed by atoms with E-state index in [1.54, 1.807) is 0 Å². The number of aromatic nitrogens is 1. The largest absolute Gasteiger partial charge is 0.459 e. The second-order valence-electron chi connectivity index (χ2n) is 4.00. The number of halogens is 4. The third-order valence-corrected chi connectivity index (χ3v) is 2.66. The Morgan fingerprint density at radius 1 is 1.43 bits per heavy atom. The number of esters is 1. The number of ether oxygens (including phenoxy) is 2. The molecule has 1 heterocycles. The maximum Gasteiger partial charge on any atom is 0.427 e. The Bertz CT molecular complexity index is 634. The van der Waals surface area contributed by atoms with Gasteiger partial charge in [0.1, 0.15) is 17.5 Å². The molecule has 1 aromatic rings. The van der Waals surface area contributed by atoms with Crippen LogP contribution in [0.1, 0.15) is 18.1 Å². The standard InChI is InChI=1S/C12H11ClF3N3O4/c1-6(20)23-5-9(18-19-11(21)22-2)7-3-8(12(14,15)16)10(13)17-4-7/h3-4H,5H2,1-2H3,(H,19,21). The number of nitrogens with zero attached hydrogens (tertiary/aromatic N) is 2. The number of rotatable bonds is 4. The van der Waals surface area contributed by atoms with E-state index in [0.717, 1.165) is 20.2 Å². The van der Waals surface area contributed by atoms with Crippen LogP contribution in [-0.2, 0) is 20.4 Å². The summed E-state index contributed by atoms with van der Waals surface area (Å²) < 4.78 is 47.5. The van der Waals surface area contributed by atoms with E-state index in [4.69, 9.17) is 11.6 Å². The minimum absolute atomic E-state index is 0.139. The average Bonchev–Trinajstić information content (AvgIpc) is 2.46. The predicted molar refractivity (Wildman–Crippen MR) is 73.0 cm³/mol. The van der Waals surface area contributed by atoms with Crippen molar-refractivity contribution in [2.24, 2.45) is 5.10 Å². The molecule has 0 unspecified atom stereocenters. The molecule has 1 rings (SSSR count). The van der Waals surface area contributed by atoms with E-state index in [1.807, 2.05) is 5.43 Å². The van der Waals surface area contributed by atoms with Gasteiger partial charge in [-0.05, 0) is 6.07 Å². The number of amides is 1. The molecule has 1 N–H and O–H groups in total.